The topological polar surface area (TPSA) is 83.3 Å². The van der Waals surface area contributed by atoms with Crippen molar-refractivity contribution >= 4 is 22.7 Å². The molecule has 0 fully saturated rings. The summed E-state index contributed by atoms with van der Waals surface area (Å²) >= 11 is 0. The number of benzene rings is 1. The van der Waals surface area contributed by atoms with Crippen molar-refractivity contribution in [1.82, 2.24) is 30.4 Å². The lowest BCUT2D eigenvalue weighted by molar-refractivity contribution is 0.392. The van der Waals surface area contributed by atoms with Crippen LogP contribution in [0.2, 0.25) is 0 Å². The summed E-state index contributed by atoms with van der Waals surface area (Å²) in [7, 11) is 5.82. The number of nitrogens with one attached hydrogen (secondary N) is 2. The number of aliphatic imine (C=N–C) groups is 1. The number of nitrogens with zero attached hydrogens (tertiary/aromatic N) is 6. The van der Waals surface area contributed by atoms with E-state index in [-0.39, 0.29) is 6.04 Å². The van der Waals surface area contributed by atoms with Gasteiger partial charge in [0.1, 0.15) is 18.0 Å². The molecule has 0 bridgehead atoms. The van der Waals surface area contributed by atoms with Gasteiger partial charge in [-0.05, 0) is 24.1 Å². The average Bonchev–Trinajstić information content (AvgIpc) is 3.18. The van der Waals surface area contributed by atoms with Crippen LogP contribution in [0, 0.1) is 0 Å². The van der Waals surface area contributed by atoms with Gasteiger partial charge in [-0.1, -0.05) is 18.2 Å². The maximum atomic E-state index is 4.73. The minimum atomic E-state index is 0.284. The molecule has 2 N–H and O–H groups in total. The first-order valence-electron chi connectivity index (χ1n) is 9.54. The van der Waals surface area contributed by atoms with E-state index in [2.05, 4.69) is 43.9 Å². The van der Waals surface area contributed by atoms with Gasteiger partial charge in [0.05, 0.1) is 12.1 Å². The van der Waals surface area contributed by atoms with Crippen LogP contribution in [0.25, 0.3) is 10.9 Å². The number of fused-ring (bicyclic) bond motifs is 2. The van der Waals surface area contributed by atoms with E-state index >= 15 is 0 Å². The highest BCUT2D eigenvalue weighted by Gasteiger charge is 2.20. The first-order valence-corrected chi connectivity index (χ1v) is 9.54. The first-order chi connectivity index (χ1) is 13.6. The normalized spacial score (nSPS) is 16.7. The molecular weight excluding hydrogens is 352 g/mol. The second-order valence-electron chi connectivity index (χ2n) is 7.22. The molecule has 1 aromatic carbocycles. The van der Waals surface area contributed by atoms with Crippen molar-refractivity contribution in [2.45, 2.75) is 32.0 Å². The van der Waals surface area contributed by atoms with E-state index in [0.717, 1.165) is 47.9 Å². The van der Waals surface area contributed by atoms with Crippen LogP contribution >= 0.6 is 0 Å². The molecule has 1 aliphatic rings. The molecular formula is C20H26N8. The molecule has 8 heteroatoms. The van der Waals surface area contributed by atoms with Gasteiger partial charge in [-0.3, -0.25) is 4.99 Å². The third-order valence-corrected chi connectivity index (χ3v) is 5.06. The molecule has 1 atom stereocenters. The molecule has 0 amide bonds. The molecule has 8 nitrogen and oxygen atoms in total. The number of anilines is 1. The molecule has 3 aromatic rings. The predicted octanol–water partition coefficient (Wildman–Crippen LogP) is 1.57. The van der Waals surface area contributed by atoms with Crippen LogP contribution in [0.3, 0.4) is 0 Å². The third-order valence-electron chi connectivity index (χ3n) is 5.06. The van der Waals surface area contributed by atoms with Crippen molar-refractivity contribution < 1.29 is 0 Å². The second kappa shape index (κ2) is 7.84. The monoisotopic (exact) mass is 378 g/mol. The van der Waals surface area contributed by atoms with Crippen LogP contribution in [0.15, 0.2) is 41.7 Å². The van der Waals surface area contributed by atoms with Gasteiger partial charge in [0.25, 0.3) is 0 Å². The molecule has 2 aromatic heterocycles. The summed E-state index contributed by atoms with van der Waals surface area (Å²) in [6.07, 6.45) is 3.57. The van der Waals surface area contributed by atoms with E-state index in [4.69, 9.17) is 4.98 Å². The van der Waals surface area contributed by atoms with Gasteiger partial charge in [-0.2, -0.15) is 5.10 Å². The number of para-hydroxylation sites is 1. The van der Waals surface area contributed by atoms with Crippen LogP contribution < -0.4 is 15.5 Å². The molecule has 3 heterocycles. The Kier molecular flexibility index (Phi) is 5.10. The molecule has 4 rings (SSSR count). The Hall–Kier alpha value is -3.16. The molecule has 0 spiro atoms. The summed E-state index contributed by atoms with van der Waals surface area (Å²) < 4.78 is 1.97. The van der Waals surface area contributed by atoms with Gasteiger partial charge in [-0.15, -0.1) is 0 Å². The molecule has 1 unspecified atom stereocenters. The van der Waals surface area contributed by atoms with Gasteiger partial charge < -0.3 is 15.5 Å². The largest absolute Gasteiger partial charge is 0.363 e. The number of aromatic nitrogens is 4. The Labute approximate surface area is 164 Å². The number of pyridine rings is 1. The van der Waals surface area contributed by atoms with Gasteiger partial charge >= 0.3 is 0 Å². The van der Waals surface area contributed by atoms with Crippen molar-refractivity contribution in [3.05, 3.63) is 48.0 Å². The maximum absolute atomic E-state index is 4.73. The highest BCUT2D eigenvalue weighted by molar-refractivity contribution is 5.85. The summed E-state index contributed by atoms with van der Waals surface area (Å²) in [6, 6.07) is 10.7. The fourth-order valence-electron chi connectivity index (χ4n) is 3.53. The van der Waals surface area contributed by atoms with Gasteiger partial charge in [0, 0.05) is 45.5 Å². The second-order valence-corrected chi connectivity index (χ2v) is 7.22. The number of hydrogen-bond acceptors (Lipinski definition) is 5. The quantitative estimate of drug-likeness (QED) is 0.530. The van der Waals surface area contributed by atoms with Crippen LogP contribution in [0.4, 0.5) is 5.82 Å². The smallest absolute Gasteiger partial charge is 0.191 e. The molecule has 146 valence electrons. The Morgan fingerprint density at radius 3 is 3.00 bits per heavy atom. The molecule has 0 saturated carbocycles. The van der Waals surface area contributed by atoms with Crippen molar-refractivity contribution in [2.24, 2.45) is 4.99 Å². The highest BCUT2D eigenvalue weighted by Crippen LogP contribution is 2.22. The van der Waals surface area contributed by atoms with Crippen molar-refractivity contribution in [1.29, 1.82) is 0 Å². The number of hydrogen-bond donors (Lipinski definition) is 2. The zero-order valence-electron chi connectivity index (χ0n) is 16.6. The molecule has 1 aliphatic heterocycles. The van der Waals surface area contributed by atoms with E-state index in [0.29, 0.717) is 6.54 Å². The Bertz CT molecular complexity index is 991. The highest BCUT2D eigenvalue weighted by atomic mass is 15.4. The first kappa shape index (κ1) is 18.2. The fourth-order valence-corrected chi connectivity index (χ4v) is 3.53. The third kappa shape index (κ3) is 3.76. The lowest BCUT2D eigenvalue weighted by Gasteiger charge is -2.25. The number of aryl methyl sites for hydroxylation is 1. The van der Waals surface area contributed by atoms with E-state index in [1.54, 1.807) is 13.4 Å². The van der Waals surface area contributed by atoms with E-state index in [1.807, 2.05) is 35.8 Å². The maximum Gasteiger partial charge on any atom is 0.191 e. The number of guanidine groups is 1. The predicted molar refractivity (Wildman–Crippen MR) is 112 cm³/mol. The van der Waals surface area contributed by atoms with E-state index in [1.165, 1.54) is 5.56 Å². The zero-order chi connectivity index (χ0) is 19.5. The van der Waals surface area contributed by atoms with Crippen molar-refractivity contribution in [2.75, 3.05) is 26.0 Å². The van der Waals surface area contributed by atoms with Gasteiger partial charge in [-0.25, -0.2) is 14.6 Å². The van der Waals surface area contributed by atoms with E-state index in [9.17, 15) is 0 Å². The zero-order valence-corrected chi connectivity index (χ0v) is 16.6. The summed E-state index contributed by atoms with van der Waals surface area (Å²) in [5.41, 5.74) is 2.19. The van der Waals surface area contributed by atoms with Crippen LogP contribution in [0.5, 0.6) is 0 Å². The van der Waals surface area contributed by atoms with Crippen molar-refractivity contribution in [3.8, 4) is 0 Å². The molecule has 28 heavy (non-hydrogen) atoms. The molecule has 0 aliphatic carbocycles. The minimum absolute atomic E-state index is 0.284. The Balaban J connectivity index is 1.47. The summed E-state index contributed by atoms with van der Waals surface area (Å²) in [5, 5.41) is 12.4. The van der Waals surface area contributed by atoms with Crippen molar-refractivity contribution in [3.63, 3.8) is 0 Å². The van der Waals surface area contributed by atoms with Crippen LogP contribution in [0.1, 0.15) is 17.8 Å². The lowest BCUT2D eigenvalue weighted by Crippen LogP contribution is -2.46. The summed E-state index contributed by atoms with van der Waals surface area (Å²) in [4.78, 5) is 15.4. The minimum Gasteiger partial charge on any atom is -0.363 e. The van der Waals surface area contributed by atoms with E-state index < -0.39 is 0 Å². The Morgan fingerprint density at radius 1 is 1.32 bits per heavy atom. The average molecular weight is 378 g/mol. The molecule has 0 radical (unpaired) electrons. The van der Waals surface area contributed by atoms with Gasteiger partial charge in [0.2, 0.25) is 0 Å². The van der Waals surface area contributed by atoms with Crippen LogP contribution in [-0.4, -0.2) is 52.9 Å². The van der Waals surface area contributed by atoms with Crippen LogP contribution in [-0.2, 0) is 19.5 Å². The Morgan fingerprint density at radius 2 is 2.18 bits per heavy atom. The number of rotatable bonds is 4. The molecule has 0 saturated heterocycles. The summed E-state index contributed by atoms with van der Waals surface area (Å²) in [5.74, 6) is 2.80. The fraction of sp³-hybridized carbons (Fsp3) is 0.400. The lowest BCUT2D eigenvalue weighted by atomic mass is 10.1. The summed E-state index contributed by atoms with van der Waals surface area (Å²) in [6.45, 7) is 1.48. The van der Waals surface area contributed by atoms with Gasteiger partial charge in [0.15, 0.2) is 5.96 Å². The standard InChI is InChI=1S/C20H26N8/c1-21-20(25-15-8-9-18-23-13-24-28(18)12-15)22-11-14-10-19(27(2)3)26-17-7-5-4-6-16(14)17/h4-7,10,13,15H,8-9,11-12H2,1-3H3,(H2,21,22,25). The SMILES string of the molecule is CN=C(NCc1cc(N(C)C)nc2ccccc12)NC1CCc2ncnn2C1.